The van der Waals surface area contributed by atoms with Gasteiger partial charge in [-0.3, -0.25) is 0 Å². The lowest BCUT2D eigenvalue weighted by molar-refractivity contribution is 0.0696. The fourth-order valence-electron chi connectivity index (χ4n) is 2.78. The molecule has 0 saturated heterocycles. The summed E-state index contributed by atoms with van der Waals surface area (Å²) in [4.78, 5) is 11.9. The lowest BCUT2D eigenvalue weighted by atomic mass is 10.0. The molecule has 4 nitrogen and oxygen atoms in total. The number of aromatic nitrogens is 2. The van der Waals surface area contributed by atoms with Crippen molar-refractivity contribution in [3.63, 3.8) is 0 Å². The van der Waals surface area contributed by atoms with E-state index in [4.69, 9.17) is 0 Å². The molecule has 1 heterocycles. The van der Waals surface area contributed by atoms with E-state index >= 15 is 0 Å². The molecule has 1 aromatic heterocycles. The molecular formula is C19H16BrFN2O2. The molecule has 128 valence electrons. The number of carboxylic acids is 1. The number of halogens is 2. The molecule has 0 unspecified atom stereocenters. The Hall–Kier alpha value is -2.47. The Morgan fingerprint density at radius 1 is 1.24 bits per heavy atom. The van der Waals surface area contributed by atoms with Crippen molar-refractivity contribution in [2.45, 2.75) is 19.8 Å². The smallest absolute Gasteiger partial charge is 0.339 e. The Kier molecular flexibility index (Phi) is 4.99. The number of rotatable bonds is 5. The molecule has 0 amide bonds. The van der Waals surface area contributed by atoms with Crippen molar-refractivity contribution in [1.82, 2.24) is 9.78 Å². The second kappa shape index (κ2) is 7.19. The quantitative estimate of drug-likeness (QED) is 0.646. The van der Waals surface area contributed by atoms with Crippen molar-refractivity contribution in [3.05, 3.63) is 70.1 Å². The highest BCUT2D eigenvalue weighted by Crippen LogP contribution is 2.29. The summed E-state index contributed by atoms with van der Waals surface area (Å²) < 4.78 is 15.8. The highest BCUT2D eigenvalue weighted by atomic mass is 79.9. The number of aromatic carboxylic acids is 1. The summed E-state index contributed by atoms with van der Waals surface area (Å²) in [5.74, 6) is -1.41. The van der Waals surface area contributed by atoms with Gasteiger partial charge in [0.2, 0.25) is 0 Å². The SMILES string of the molecule is CCCc1c(C(=O)O)c(-c2ccc(F)cc2)nn1-c1cccc(Br)c1. The highest BCUT2D eigenvalue weighted by molar-refractivity contribution is 9.10. The van der Waals surface area contributed by atoms with Crippen molar-refractivity contribution in [2.24, 2.45) is 0 Å². The van der Waals surface area contributed by atoms with Gasteiger partial charge in [-0.1, -0.05) is 35.3 Å². The second-order valence-electron chi connectivity index (χ2n) is 5.62. The van der Waals surface area contributed by atoms with E-state index in [1.54, 1.807) is 16.8 Å². The normalized spacial score (nSPS) is 10.8. The van der Waals surface area contributed by atoms with E-state index in [0.717, 1.165) is 16.6 Å². The van der Waals surface area contributed by atoms with Crippen LogP contribution in [0.1, 0.15) is 29.4 Å². The molecule has 3 aromatic rings. The molecular weight excluding hydrogens is 387 g/mol. The van der Waals surface area contributed by atoms with E-state index in [2.05, 4.69) is 21.0 Å². The van der Waals surface area contributed by atoms with E-state index < -0.39 is 5.97 Å². The molecule has 0 bridgehead atoms. The minimum absolute atomic E-state index is 0.161. The topological polar surface area (TPSA) is 55.1 Å². The van der Waals surface area contributed by atoms with Crippen molar-refractivity contribution in [1.29, 1.82) is 0 Å². The van der Waals surface area contributed by atoms with Crippen LogP contribution in [0.4, 0.5) is 4.39 Å². The van der Waals surface area contributed by atoms with Gasteiger partial charge in [0.15, 0.2) is 0 Å². The van der Waals surface area contributed by atoms with Crippen LogP contribution in [0.5, 0.6) is 0 Å². The number of hydrogen-bond acceptors (Lipinski definition) is 2. The highest BCUT2D eigenvalue weighted by Gasteiger charge is 2.24. The standard InChI is InChI=1S/C19H16BrFN2O2/c1-2-4-16-17(19(24)25)18(12-7-9-14(21)10-8-12)22-23(16)15-6-3-5-13(20)11-15/h3,5-11H,2,4H2,1H3,(H,24,25). The summed E-state index contributed by atoms with van der Waals surface area (Å²) in [6.07, 6.45) is 1.35. The molecule has 0 atom stereocenters. The predicted molar refractivity (Wildman–Crippen MR) is 97.6 cm³/mol. The Labute approximate surface area is 153 Å². The Bertz CT molecular complexity index is 920. The Balaban J connectivity index is 2.26. The minimum Gasteiger partial charge on any atom is -0.478 e. The maximum atomic E-state index is 13.2. The Morgan fingerprint density at radius 3 is 2.56 bits per heavy atom. The van der Waals surface area contributed by atoms with Crippen molar-refractivity contribution in [2.75, 3.05) is 0 Å². The van der Waals surface area contributed by atoms with Crippen molar-refractivity contribution in [3.8, 4) is 16.9 Å². The van der Waals surface area contributed by atoms with Crippen LogP contribution in [0.2, 0.25) is 0 Å². The van der Waals surface area contributed by atoms with E-state index in [9.17, 15) is 14.3 Å². The van der Waals surface area contributed by atoms with Gasteiger partial charge in [-0.15, -0.1) is 0 Å². The first-order valence-electron chi connectivity index (χ1n) is 7.88. The fraction of sp³-hybridized carbons (Fsp3) is 0.158. The van der Waals surface area contributed by atoms with Gasteiger partial charge < -0.3 is 5.11 Å². The third kappa shape index (κ3) is 3.49. The van der Waals surface area contributed by atoms with E-state index in [-0.39, 0.29) is 11.4 Å². The second-order valence-corrected chi connectivity index (χ2v) is 6.54. The van der Waals surface area contributed by atoms with Crippen LogP contribution in [0.15, 0.2) is 53.0 Å². The van der Waals surface area contributed by atoms with E-state index in [1.807, 2.05) is 31.2 Å². The first kappa shape index (κ1) is 17.4. The Morgan fingerprint density at radius 2 is 1.96 bits per heavy atom. The van der Waals surface area contributed by atoms with Gasteiger partial charge in [-0.05, 0) is 48.9 Å². The zero-order valence-corrected chi connectivity index (χ0v) is 15.1. The molecule has 0 aliphatic heterocycles. The number of benzene rings is 2. The first-order valence-corrected chi connectivity index (χ1v) is 8.67. The fourth-order valence-corrected chi connectivity index (χ4v) is 3.16. The summed E-state index contributed by atoms with van der Waals surface area (Å²) in [5, 5.41) is 14.3. The lowest BCUT2D eigenvalue weighted by Crippen LogP contribution is -2.06. The monoisotopic (exact) mass is 402 g/mol. The maximum absolute atomic E-state index is 13.2. The number of carbonyl (C=O) groups is 1. The molecule has 0 spiro atoms. The first-order chi connectivity index (χ1) is 12.0. The maximum Gasteiger partial charge on any atom is 0.339 e. The van der Waals surface area contributed by atoms with Crippen LogP contribution in [0.25, 0.3) is 16.9 Å². The molecule has 0 saturated carbocycles. The van der Waals surface area contributed by atoms with Gasteiger partial charge in [0.05, 0.1) is 11.4 Å². The molecule has 0 aliphatic rings. The predicted octanol–water partition coefficient (Wildman–Crippen LogP) is 5.09. The van der Waals surface area contributed by atoms with Gasteiger partial charge in [-0.2, -0.15) is 5.10 Å². The molecule has 0 fully saturated rings. The van der Waals surface area contributed by atoms with Crippen LogP contribution >= 0.6 is 15.9 Å². The number of hydrogen-bond donors (Lipinski definition) is 1. The molecule has 6 heteroatoms. The summed E-state index contributed by atoms with van der Waals surface area (Å²) in [5.41, 5.74) is 2.48. The average molecular weight is 403 g/mol. The molecule has 25 heavy (non-hydrogen) atoms. The molecule has 1 N–H and O–H groups in total. The lowest BCUT2D eigenvalue weighted by Gasteiger charge is -2.07. The van der Waals surface area contributed by atoms with Gasteiger partial charge in [0, 0.05) is 10.0 Å². The van der Waals surface area contributed by atoms with Gasteiger partial charge in [0.1, 0.15) is 17.1 Å². The summed E-state index contributed by atoms with van der Waals surface area (Å²) in [6.45, 7) is 1.99. The number of carboxylic acid groups (broad SMARTS) is 1. The summed E-state index contributed by atoms with van der Waals surface area (Å²) in [7, 11) is 0. The summed E-state index contributed by atoms with van der Waals surface area (Å²) >= 11 is 3.43. The molecule has 3 rings (SSSR count). The summed E-state index contributed by atoms with van der Waals surface area (Å²) in [6, 6.07) is 13.2. The largest absolute Gasteiger partial charge is 0.478 e. The van der Waals surface area contributed by atoms with Gasteiger partial charge in [0.25, 0.3) is 0 Å². The van der Waals surface area contributed by atoms with E-state index in [0.29, 0.717) is 23.4 Å². The van der Waals surface area contributed by atoms with Crippen LogP contribution in [-0.2, 0) is 6.42 Å². The zero-order chi connectivity index (χ0) is 18.0. The van der Waals surface area contributed by atoms with Crippen LogP contribution < -0.4 is 0 Å². The van der Waals surface area contributed by atoms with Gasteiger partial charge >= 0.3 is 5.97 Å². The van der Waals surface area contributed by atoms with Crippen molar-refractivity contribution >= 4 is 21.9 Å². The molecule has 0 aliphatic carbocycles. The van der Waals surface area contributed by atoms with Crippen LogP contribution in [-0.4, -0.2) is 20.9 Å². The average Bonchev–Trinajstić information content (AvgIpc) is 2.95. The molecule has 0 radical (unpaired) electrons. The number of nitrogens with zero attached hydrogens (tertiary/aromatic N) is 2. The van der Waals surface area contributed by atoms with Crippen molar-refractivity contribution < 1.29 is 14.3 Å². The van der Waals surface area contributed by atoms with Crippen LogP contribution in [0, 0.1) is 5.82 Å². The molecule has 2 aromatic carbocycles. The zero-order valence-electron chi connectivity index (χ0n) is 13.5. The van der Waals surface area contributed by atoms with Crippen LogP contribution in [0.3, 0.4) is 0 Å². The minimum atomic E-state index is -1.04. The third-order valence-electron chi connectivity index (χ3n) is 3.85. The third-order valence-corrected chi connectivity index (χ3v) is 4.35. The van der Waals surface area contributed by atoms with E-state index in [1.165, 1.54) is 12.1 Å². The van der Waals surface area contributed by atoms with Gasteiger partial charge in [-0.25, -0.2) is 13.9 Å².